The maximum atomic E-state index is 10.1. The van der Waals surface area contributed by atoms with E-state index in [2.05, 4.69) is 0 Å². The van der Waals surface area contributed by atoms with Crippen molar-refractivity contribution in [3.63, 3.8) is 0 Å². The Hall–Kier alpha value is -1.25. The van der Waals surface area contributed by atoms with Crippen molar-refractivity contribution in [2.45, 2.75) is 12.8 Å². The predicted molar refractivity (Wildman–Crippen MR) is 35.5 cm³/mol. The summed E-state index contributed by atoms with van der Waals surface area (Å²) in [5.74, 6) is 0. The fourth-order valence-electron chi connectivity index (χ4n) is 0.475. The van der Waals surface area contributed by atoms with Crippen molar-refractivity contribution >= 4 is 18.9 Å². The topological polar surface area (TPSA) is 51.2 Å². The van der Waals surface area contributed by atoms with Crippen LogP contribution in [0.1, 0.15) is 12.8 Å². The van der Waals surface area contributed by atoms with Crippen LogP contribution >= 0.6 is 0 Å². The maximum Gasteiger partial charge on any atom is 0.146 e. The minimum absolute atomic E-state index is 0.0946. The molecule has 0 aromatic heterocycles. The summed E-state index contributed by atoms with van der Waals surface area (Å²) in [7, 11) is 0. The molecule has 3 heteroatoms. The first-order valence-electron chi connectivity index (χ1n) is 2.86. The van der Waals surface area contributed by atoms with Crippen LogP contribution in [-0.2, 0) is 14.4 Å². The highest BCUT2D eigenvalue weighted by Gasteiger charge is 1.90. The molecular weight excluding hydrogens is 132 g/mol. The van der Waals surface area contributed by atoms with Crippen molar-refractivity contribution in [2.75, 3.05) is 0 Å². The summed E-state index contributed by atoms with van der Waals surface area (Å²) in [6, 6.07) is 0. The summed E-state index contributed by atoms with van der Waals surface area (Å²) in [5, 5.41) is 0. The van der Waals surface area contributed by atoms with Gasteiger partial charge in [-0.25, -0.2) is 0 Å². The van der Waals surface area contributed by atoms with Crippen molar-refractivity contribution in [1.29, 1.82) is 0 Å². The highest BCUT2D eigenvalue weighted by Crippen LogP contribution is 1.94. The molecule has 3 nitrogen and oxygen atoms in total. The van der Waals surface area contributed by atoms with Gasteiger partial charge in [0.2, 0.25) is 0 Å². The van der Waals surface area contributed by atoms with Crippen LogP contribution in [0.25, 0.3) is 0 Å². The minimum Gasteiger partial charge on any atom is -0.303 e. The van der Waals surface area contributed by atoms with E-state index in [9.17, 15) is 14.4 Å². The Balaban J connectivity index is 3.88. The van der Waals surface area contributed by atoms with Gasteiger partial charge >= 0.3 is 0 Å². The Labute approximate surface area is 58.7 Å². The second kappa shape index (κ2) is 5.88. The van der Waals surface area contributed by atoms with Gasteiger partial charge in [0.25, 0.3) is 0 Å². The first-order chi connectivity index (χ1) is 4.85. The normalized spacial score (nSPS) is 10.6. The lowest BCUT2D eigenvalue weighted by Crippen LogP contribution is -1.86. The van der Waals surface area contributed by atoms with E-state index in [0.29, 0.717) is 24.4 Å². The Morgan fingerprint density at radius 2 is 1.80 bits per heavy atom. The molecule has 0 heterocycles. The SMILES string of the molecule is O=CCC=C(C=O)CC=O. The smallest absolute Gasteiger partial charge is 0.146 e. The Morgan fingerprint density at radius 1 is 1.10 bits per heavy atom. The second-order valence-corrected chi connectivity index (χ2v) is 1.67. The molecule has 0 spiro atoms. The molecule has 0 aliphatic heterocycles. The van der Waals surface area contributed by atoms with Gasteiger partial charge < -0.3 is 9.59 Å². The lowest BCUT2D eigenvalue weighted by molar-refractivity contribution is -0.109. The molecule has 0 amide bonds. The third-order valence-electron chi connectivity index (χ3n) is 0.947. The quantitative estimate of drug-likeness (QED) is 0.407. The molecule has 0 bridgehead atoms. The highest BCUT2D eigenvalue weighted by molar-refractivity contribution is 5.79. The van der Waals surface area contributed by atoms with Crippen molar-refractivity contribution in [3.05, 3.63) is 11.6 Å². The van der Waals surface area contributed by atoms with Gasteiger partial charge in [-0.15, -0.1) is 0 Å². The van der Waals surface area contributed by atoms with E-state index < -0.39 is 0 Å². The molecule has 0 saturated heterocycles. The monoisotopic (exact) mass is 140 g/mol. The van der Waals surface area contributed by atoms with Gasteiger partial charge in [0.15, 0.2) is 0 Å². The van der Waals surface area contributed by atoms with E-state index >= 15 is 0 Å². The van der Waals surface area contributed by atoms with E-state index in [1.165, 1.54) is 6.08 Å². The molecule has 0 aliphatic rings. The summed E-state index contributed by atoms with van der Waals surface area (Å²) in [5.41, 5.74) is 0.363. The van der Waals surface area contributed by atoms with Crippen molar-refractivity contribution in [3.8, 4) is 0 Å². The zero-order valence-electron chi connectivity index (χ0n) is 5.45. The Morgan fingerprint density at radius 3 is 2.20 bits per heavy atom. The number of carbonyl (C=O) groups excluding carboxylic acids is 3. The lowest BCUT2D eigenvalue weighted by atomic mass is 10.2. The molecule has 0 aromatic rings. The van der Waals surface area contributed by atoms with Crippen molar-refractivity contribution in [2.24, 2.45) is 0 Å². The molecule has 0 fully saturated rings. The molecule has 0 N–H and O–H groups in total. The highest BCUT2D eigenvalue weighted by atomic mass is 16.1. The van der Waals surface area contributed by atoms with Gasteiger partial charge in [-0.2, -0.15) is 0 Å². The van der Waals surface area contributed by atoms with Gasteiger partial charge in [0, 0.05) is 12.8 Å². The number of allylic oxidation sites excluding steroid dienone is 2. The molecule has 54 valence electrons. The van der Waals surface area contributed by atoms with Crippen molar-refractivity contribution < 1.29 is 14.4 Å². The van der Waals surface area contributed by atoms with E-state index in [0.717, 1.165) is 0 Å². The zero-order chi connectivity index (χ0) is 7.82. The average molecular weight is 140 g/mol. The summed E-state index contributed by atoms with van der Waals surface area (Å²) in [4.78, 5) is 29.7. The standard InChI is InChI=1S/C7H8O3/c8-4-1-2-7(6-10)3-5-9/h2,4-6H,1,3H2. The molecule has 0 radical (unpaired) electrons. The number of aldehydes is 3. The van der Waals surface area contributed by atoms with Gasteiger partial charge in [-0.3, -0.25) is 4.79 Å². The molecule has 0 unspecified atom stereocenters. The van der Waals surface area contributed by atoms with Crippen LogP contribution in [0.5, 0.6) is 0 Å². The number of hydrogen-bond donors (Lipinski definition) is 0. The van der Waals surface area contributed by atoms with Crippen molar-refractivity contribution in [1.82, 2.24) is 0 Å². The minimum atomic E-state index is 0.0946. The molecule has 0 aromatic carbocycles. The van der Waals surface area contributed by atoms with Crippen LogP contribution in [0.3, 0.4) is 0 Å². The van der Waals surface area contributed by atoms with Crippen LogP contribution in [0.15, 0.2) is 11.6 Å². The lowest BCUT2D eigenvalue weighted by Gasteiger charge is -1.86. The molecule has 0 atom stereocenters. The molecule has 10 heavy (non-hydrogen) atoms. The third-order valence-corrected chi connectivity index (χ3v) is 0.947. The second-order valence-electron chi connectivity index (χ2n) is 1.67. The van der Waals surface area contributed by atoms with Gasteiger partial charge in [-0.05, 0) is 5.57 Å². The molecule has 0 saturated carbocycles. The van der Waals surface area contributed by atoms with Crippen LogP contribution in [0, 0.1) is 0 Å². The van der Waals surface area contributed by atoms with Gasteiger partial charge in [0.1, 0.15) is 18.9 Å². The van der Waals surface area contributed by atoms with E-state index in [1.54, 1.807) is 0 Å². The molecule has 0 rings (SSSR count). The van der Waals surface area contributed by atoms with E-state index in [-0.39, 0.29) is 12.8 Å². The fourth-order valence-corrected chi connectivity index (χ4v) is 0.475. The first-order valence-corrected chi connectivity index (χ1v) is 2.86. The summed E-state index contributed by atoms with van der Waals surface area (Å²) < 4.78 is 0. The van der Waals surface area contributed by atoms with Gasteiger partial charge in [-0.1, -0.05) is 6.08 Å². The predicted octanol–water partition coefficient (Wildman–Crippen LogP) is 0.290. The maximum absolute atomic E-state index is 10.1. The Bertz CT molecular complexity index is 158. The third kappa shape index (κ3) is 3.72. The van der Waals surface area contributed by atoms with Crippen LogP contribution in [0.2, 0.25) is 0 Å². The van der Waals surface area contributed by atoms with E-state index in [4.69, 9.17) is 0 Å². The first kappa shape index (κ1) is 8.75. The fraction of sp³-hybridized carbons (Fsp3) is 0.286. The summed E-state index contributed by atoms with van der Waals surface area (Å²) >= 11 is 0. The molecular formula is C7H8O3. The number of carbonyl (C=O) groups is 3. The largest absolute Gasteiger partial charge is 0.303 e. The number of hydrogen-bond acceptors (Lipinski definition) is 3. The molecule has 0 aliphatic carbocycles. The van der Waals surface area contributed by atoms with Gasteiger partial charge in [0.05, 0.1) is 0 Å². The van der Waals surface area contributed by atoms with E-state index in [1.807, 2.05) is 0 Å². The van der Waals surface area contributed by atoms with Crippen LogP contribution < -0.4 is 0 Å². The summed E-state index contributed by atoms with van der Waals surface area (Å²) in [6.45, 7) is 0. The van der Waals surface area contributed by atoms with Crippen LogP contribution in [-0.4, -0.2) is 18.9 Å². The Kier molecular flexibility index (Phi) is 5.14. The average Bonchev–Trinajstić information content (AvgIpc) is 1.98. The number of rotatable bonds is 5. The zero-order valence-corrected chi connectivity index (χ0v) is 5.45. The summed E-state index contributed by atoms with van der Waals surface area (Å²) in [6.07, 6.45) is 3.62. The van der Waals surface area contributed by atoms with Crippen LogP contribution in [0.4, 0.5) is 0 Å².